The predicted octanol–water partition coefficient (Wildman–Crippen LogP) is 3.94. The van der Waals surface area contributed by atoms with Crippen LogP contribution in [0.5, 0.6) is 5.75 Å². The zero-order valence-corrected chi connectivity index (χ0v) is 12.5. The molecular formula is C17H16ClNO2. The molecule has 4 heteroatoms. The number of methoxy groups -OCH3 is 1. The number of anilines is 1. The lowest BCUT2D eigenvalue weighted by Gasteiger charge is -2.26. The van der Waals surface area contributed by atoms with Crippen molar-refractivity contribution in [2.75, 3.05) is 17.9 Å². The number of para-hydroxylation sites is 2. The number of carbonyl (C=O) groups excluding carboxylic acids is 1. The second-order valence-corrected chi connectivity index (χ2v) is 4.61. The summed E-state index contributed by atoms with van der Waals surface area (Å²) >= 11 is 5.75. The van der Waals surface area contributed by atoms with Crippen molar-refractivity contribution in [2.24, 2.45) is 0 Å². The minimum absolute atomic E-state index is 0.135. The molecule has 0 spiro atoms. The number of alkyl halides is 1. The third kappa shape index (κ3) is 3.26. The van der Waals surface area contributed by atoms with Crippen LogP contribution in [0.25, 0.3) is 5.70 Å². The summed E-state index contributed by atoms with van der Waals surface area (Å²) in [7, 11) is 1.56. The molecule has 0 bridgehead atoms. The van der Waals surface area contributed by atoms with E-state index in [-0.39, 0.29) is 11.8 Å². The van der Waals surface area contributed by atoms with Gasteiger partial charge in [0.05, 0.1) is 12.8 Å². The van der Waals surface area contributed by atoms with Gasteiger partial charge in [-0.25, -0.2) is 0 Å². The molecule has 2 aromatic rings. The Labute approximate surface area is 129 Å². The van der Waals surface area contributed by atoms with E-state index in [0.29, 0.717) is 17.1 Å². The first kappa shape index (κ1) is 15.1. The molecule has 2 rings (SSSR count). The summed E-state index contributed by atoms with van der Waals surface area (Å²) in [4.78, 5) is 13.8. The van der Waals surface area contributed by atoms with E-state index in [1.165, 1.54) is 4.90 Å². The lowest BCUT2D eigenvalue weighted by molar-refractivity contribution is -0.115. The van der Waals surface area contributed by atoms with Crippen molar-refractivity contribution in [3.63, 3.8) is 0 Å². The molecular weight excluding hydrogens is 286 g/mol. The van der Waals surface area contributed by atoms with Gasteiger partial charge >= 0.3 is 0 Å². The second kappa shape index (κ2) is 6.95. The highest BCUT2D eigenvalue weighted by atomic mass is 35.5. The van der Waals surface area contributed by atoms with Crippen molar-refractivity contribution in [1.82, 2.24) is 0 Å². The minimum Gasteiger partial charge on any atom is -0.495 e. The van der Waals surface area contributed by atoms with Crippen molar-refractivity contribution < 1.29 is 9.53 Å². The predicted molar refractivity (Wildman–Crippen MR) is 86.7 cm³/mol. The van der Waals surface area contributed by atoms with Crippen molar-refractivity contribution >= 4 is 28.9 Å². The standard InChI is InChI=1S/C17H16ClNO2/c1-13(14-8-4-3-5-9-14)19(17(20)12-18)15-10-6-7-11-16(15)21-2/h3-11H,1,12H2,2H3. The van der Waals surface area contributed by atoms with Crippen molar-refractivity contribution in [1.29, 1.82) is 0 Å². The van der Waals surface area contributed by atoms with Crippen LogP contribution >= 0.6 is 11.6 Å². The number of amides is 1. The fourth-order valence-electron chi connectivity index (χ4n) is 2.06. The lowest BCUT2D eigenvalue weighted by Crippen LogP contribution is -2.30. The molecule has 0 aliphatic heterocycles. The number of benzene rings is 2. The highest BCUT2D eigenvalue weighted by Crippen LogP contribution is 2.33. The van der Waals surface area contributed by atoms with Gasteiger partial charge in [-0.15, -0.1) is 11.6 Å². The first-order valence-corrected chi connectivity index (χ1v) is 6.98. The number of hydrogen-bond acceptors (Lipinski definition) is 2. The molecule has 0 aromatic heterocycles. The van der Waals surface area contributed by atoms with Gasteiger partial charge < -0.3 is 4.74 Å². The van der Waals surface area contributed by atoms with Gasteiger partial charge in [-0.1, -0.05) is 49.0 Å². The van der Waals surface area contributed by atoms with E-state index in [2.05, 4.69) is 6.58 Å². The Hall–Kier alpha value is -2.26. The minimum atomic E-state index is -0.255. The van der Waals surface area contributed by atoms with Crippen molar-refractivity contribution in [3.8, 4) is 5.75 Å². The smallest absolute Gasteiger partial charge is 0.246 e. The van der Waals surface area contributed by atoms with E-state index in [0.717, 1.165) is 5.56 Å². The maximum Gasteiger partial charge on any atom is 0.246 e. The second-order valence-electron chi connectivity index (χ2n) is 4.35. The van der Waals surface area contributed by atoms with Gasteiger partial charge in [-0.05, 0) is 17.7 Å². The topological polar surface area (TPSA) is 29.5 Å². The van der Waals surface area contributed by atoms with E-state index in [4.69, 9.17) is 16.3 Å². The van der Waals surface area contributed by atoms with Gasteiger partial charge in [0.15, 0.2) is 0 Å². The highest BCUT2D eigenvalue weighted by molar-refractivity contribution is 6.31. The summed E-state index contributed by atoms with van der Waals surface area (Å²) < 4.78 is 5.33. The molecule has 108 valence electrons. The van der Waals surface area contributed by atoms with Crippen LogP contribution in [-0.2, 0) is 4.79 Å². The van der Waals surface area contributed by atoms with Gasteiger partial charge in [0.1, 0.15) is 11.6 Å². The first-order valence-electron chi connectivity index (χ1n) is 6.45. The van der Waals surface area contributed by atoms with Gasteiger partial charge in [0.25, 0.3) is 0 Å². The number of halogens is 1. The van der Waals surface area contributed by atoms with Gasteiger partial charge in [0.2, 0.25) is 5.91 Å². The highest BCUT2D eigenvalue weighted by Gasteiger charge is 2.22. The first-order chi connectivity index (χ1) is 10.2. The molecule has 0 N–H and O–H groups in total. The van der Waals surface area contributed by atoms with E-state index >= 15 is 0 Å². The molecule has 2 aromatic carbocycles. The fourth-order valence-corrected chi connectivity index (χ4v) is 2.18. The molecule has 21 heavy (non-hydrogen) atoms. The van der Waals surface area contributed by atoms with Crippen LogP contribution in [0, 0.1) is 0 Å². The molecule has 0 fully saturated rings. The summed E-state index contributed by atoms with van der Waals surface area (Å²) in [6.45, 7) is 4.04. The van der Waals surface area contributed by atoms with Crippen LogP contribution < -0.4 is 9.64 Å². The molecule has 0 saturated heterocycles. The third-order valence-electron chi connectivity index (χ3n) is 3.07. The summed E-state index contributed by atoms with van der Waals surface area (Å²) in [6, 6.07) is 16.8. The molecule has 1 amide bonds. The molecule has 0 aliphatic carbocycles. The van der Waals surface area contributed by atoms with Crippen LogP contribution in [-0.4, -0.2) is 18.9 Å². The average Bonchev–Trinajstić information content (AvgIpc) is 2.56. The van der Waals surface area contributed by atoms with Crippen molar-refractivity contribution in [3.05, 3.63) is 66.7 Å². The zero-order chi connectivity index (χ0) is 15.2. The Morgan fingerprint density at radius 2 is 1.76 bits per heavy atom. The SMILES string of the molecule is C=C(c1ccccc1)N(C(=O)CCl)c1ccccc1OC. The van der Waals surface area contributed by atoms with Crippen LogP contribution in [0.4, 0.5) is 5.69 Å². The molecule has 0 heterocycles. The van der Waals surface area contributed by atoms with Gasteiger partial charge in [-0.2, -0.15) is 0 Å². The number of ether oxygens (including phenoxy) is 1. The number of hydrogen-bond donors (Lipinski definition) is 0. The monoisotopic (exact) mass is 301 g/mol. The van der Waals surface area contributed by atoms with Crippen LogP contribution in [0.2, 0.25) is 0 Å². The van der Waals surface area contributed by atoms with Crippen LogP contribution in [0.1, 0.15) is 5.56 Å². The quantitative estimate of drug-likeness (QED) is 0.783. The Bertz CT molecular complexity index is 640. The fraction of sp³-hybridized carbons (Fsp3) is 0.118. The maximum atomic E-state index is 12.3. The Morgan fingerprint density at radius 1 is 1.14 bits per heavy atom. The van der Waals surface area contributed by atoms with Gasteiger partial charge in [0, 0.05) is 5.70 Å². The maximum absolute atomic E-state index is 12.3. The van der Waals surface area contributed by atoms with Crippen molar-refractivity contribution in [2.45, 2.75) is 0 Å². The molecule has 0 saturated carbocycles. The van der Waals surface area contributed by atoms with Crippen LogP contribution in [0.15, 0.2) is 61.2 Å². The Morgan fingerprint density at radius 3 is 2.38 bits per heavy atom. The Kier molecular flexibility index (Phi) is 5.01. The number of rotatable bonds is 5. The number of carbonyl (C=O) groups is 1. The van der Waals surface area contributed by atoms with E-state index in [1.807, 2.05) is 42.5 Å². The molecule has 0 aliphatic rings. The van der Waals surface area contributed by atoms with Gasteiger partial charge in [-0.3, -0.25) is 9.69 Å². The largest absolute Gasteiger partial charge is 0.495 e. The van der Waals surface area contributed by atoms with E-state index in [9.17, 15) is 4.79 Å². The summed E-state index contributed by atoms with van der Waals surface area (Å²) in [6.07, 6.45) is 0. The third-order valence-corrected chi connectivity index (χ3v) is 3.30. The molecule has 0 radical (unpaired) electrons. The summed E-state index contributed by atoms with van der Waals surface area (Å²) in [5.74, 6) is 0.201. The molecule has 0 unspecified atom stereocenters. The Balaban J connectivity index is 2.49. The number of nitrogens with zero attached hydrogens (tertiary/aromatic N) is 1. The summed E-state index contributed by atoms with van der Waals surface area (Å²) in [5, 5.41) is 0. The van der Waals surface area contributed by atoms with Crippen LogP contribution in [0.3, 0.4) is 0 Å². The lowest BCUT2D eigenvalue weighted by atomic mass is 10.1. The van der Waals surface area contributed by atoms with E-state index in [1.54, 1.807) is 19.2 Å². The molecule has 0 atom stereocenters. The normalized spacial score (nSPS) is 10.0. The average molecular weight is 302 g/mol. The van der Waals surface area contributed by atoms with E-state index < -0.39 is 0 Å². The summed E-state index contributed by atoms with van der Waals surface area (Å²) in [5.41, 5.74) is 2.03. The zero-order valence-electron chi connectivity index (χ0n) is 11.8. The molecule has 3 nitrogen and oxygen atoms in total.